The first-order valence-corrected chi connectivity index (χ1v) is 4.58. The van der Waals surface area contributed by atoms with Crippen LogP contribution >= 0.6 is 0 Å². The molecule has 0 spiro atoms. The molecule has 12 heavy (non-hydrogen) atoms. The van der Waals surface area contributed by atoms with E-state index in [0.717, 1.165) is 26.2 Å². The maximum absolute atomic E-state index is 5.38. The Balaban J connectivity index is 2.25. The minimum atomic E-state index is 0.403. The molecular weight excluding hydrogens is 154 g/mol. The van der Waals surface area contributed by atoms with E-state index in [0.29, 0.717) is 12.1 Å². The smallest absolute Gasteiger partial charge is 0.0714 e. The van der Waals surface area contributed by atoms with Crippen molar-refractivity contribution in [2.24, 2.45) is 0 Å². The van der Waals surface area contributed by atoms with Gasteiger partial charge in [-0.05, 0) is 20.4 Å². The van der Waals surface area contributed by atoms with Gasteiger partial charge in [-0.3, -0.25) is 4.90 Å². The molecule has 1 saturated heterocycles. The predicted molar refractivity (Wildman–Crippen MR) is 48.3 cm³/mol. The Labute approximate surface area is 74.6 Å². The average Bonchev–Trinajstić information content (AvgIpc) is 2.43. The first-order valence-electron chi connectivity index (χ1n) is 4.58. The monoisotopic (exact) mass is 173 g/mol. The van der Waals surface area contributed by atoms with Crippen LogP contribution in [0.2, 0.25) is 0 Å². The van der Waals surface area contributed by atoms with Gasteiger partial charge in [0.2, 0.25) is 0 Å². The summed E-state index contributed by atoms with van der Waals surface area (Å²) in [6.45, 7) is 4.71. The summed E-state index contributed by atoms with van der Waals surface area (Å²) in [5.74, 6) is 0. The van der Waals surface area contributed by atoms with Crippen molar-refractivity contribution in [3.05, 3.63) is 0 Å². The highest BCUT2D eigenvalue weighted by molar-refractivity contribution is 4.83. The molecule has 0 aromatic carbocycles. The van der Waals surface area contributed by atoms with Crippen LogP contribution in [-0.2, 0) is 9.47 Å². The Morgan fingerprint density at radius 1 is 1.50 bits per heavy atom. The molecule has 1 rings (SSSR count). The number of hydrogen-bond donors (Lipinski definition) is 0. The lowest BCUT2D eigenvalue weighted by Crippen LogP contribution is -2.29. The maximum Gasteiger partial charge on any atom is 0.0714 e. The molecule has 0 saturated carbocycles. The lowest BCUT2D eigenvalue weighted by atomic mass is 10.2. The van der Waals surface area contributed by atoms with Crippen molar-refractivity contribution in [2.45, 2.75) is 25.5 Å². The zero-order valence-electron chi connectivity index (χ0n) is 8.25. The molecule has 0 unspecified atom stereocenters. The second-order valence-electron chi connectivity index (χ2n) is 3.35. The van der Waals surface area contributed by atoms with E-state index in [4.69, 9.17) is 9.47 Å². The fourth-order valence-corrected chi connectivity index (χ4v) is 1.65. The standard InChI is InChI=1S/C9H19NO2/c1-4-12-7-8-5-9(11-3)6-10(8)2/h8-9H,4-7H2,1-3H3/t8-,9+/m0/s1. The summed E-state index contributed by atoms with van der Waals surface area (Å²) in [6, 6.07) is 0.551. The number of likely N-dealkylation sites (N-methyl/N-ethyl adjacent to an activating group) is 1. The van der Waals surface area contributed by atoms with Gasteiger partial charge in [0.25, 0.3) is 0 Å². The van der Waals surface area contributed by atoms with Gasteiger partial charge < -0.3 is 9.47 Å². The van der Waals surface area contributed by atoms with Crippen LogP contribution in [0.1, 0.15) is 13.3 Å². The molecule has 3 heteroatoms. The number of ether oxygens (including phenoxy) is 2. The average molecular weight is 173 g/mol. The number of likely N-dealkylation sites (tertiary alicyclic amines) is 1. The predicted octanol–water partition coefficient (Wildman–Crippen LogP) is 0.742. The highest BCUT2D eigenvalue weighted by Gasteiger charge is 2.28. The van der Waals surface area contributed by atoms with Crippen molar-refractivity contribution < 1.29 is 9.47 Å². The summed E-state index contributed by atoms with van der Waals surface area (Å²) in [5.41, 5.74) is 0. The van der Waals surface area contributed by atoms with Gasteiger partial charge in [0, 0.05) is 26.3 Å². The minimum absolute atomic E-state index is 0.403. The zero-order valence-corrected chi connectivity index (χ0v) is 8.25. The summed E-state index contributed by atoms with van der Waals surface area (Å²) >= 11 is 0. The van der Waals surface area contributed by atoms with E-state index in [2.05, 4.69) is 11.9 Å². The molecule has 1 heterocycles. The van der Waals surface area contributed by atoms with E-state index in [9.17, 15) is 0 Å². The Morgan fingerprint density at radius 2 is 2.25 bits per heavy atom. The third-order valence-corrected chi connectivity index (χ3v) is 2.50. The molecule has 0 amide bonds. The van der Waals surface area contributed by atoms with Gasteiger partial charge in [-0.15, -0.1) is 0 Å². The van der Waals surface area contributed by atoms with Crippen LogP contribution in [0.25, 0.3) is 0 Å². The van der Waals surface area contributed by atoms with E-state index in [1.54, 1.807) is 7.11 Å². The molecule has 0 aliphatic carbocycles. The normalized spacial score (nSPS) is 31.2. The summed E-state index contributed by atoms with van der Waals surface area (Å²) in [7, 11) is 3.91. The Hall–Kier alpha value is -0.120. The van der Waals surface area contributed by atoms with Gasteiger partial charge in [-0.2, -0.15) is 0 Å². The van der Waals surface area contributed by atoms with E-state index in [-0.39, 0.29) is 0 Å². The number of hydrogen-bond acceptors (Lipinski definition) is 3. The molecule has 72 valence electrons. The molecule has 0 bridgehead atoms. The van der Waals surface area contributed by atoms with Crippen LogP contribution in [0.4, 0.5) is 0 Å². The van der Waals surface area contributed by atoms with Crippen LogP contribution in [0.5, 0.6) is 0 Å². The highest BCUT2D eigenvalue weighted by atomic mass is 16.5. The van der Waals surface area contributed by atoms with Crippen LogP contribution in [-0.4, -0.2) is 51.0 Å². The molecule has 0 aromatic rings. The number of nitrogens with zero attached hydrogens (tertiary/aromatic N) is 1. The first kappa shape index (κ1) is 9.96. The topological polar surface area (TPSA) is 21.7 Å². The number of rotatable bonds is 4. The van der Waals surface area contributed by atoms with E-state index in [1.165, 1.54) is 0 Å². The molecule has 1 aliphatic rings. The molecule has 2 atom stereocenters. The Bertz CT molecular complexity index is 130. The van der Waals surface area contributed by atoms with Crippen molar-refractivity contribution in [2.75, 3.05) is 33.9 Å². The first-order chi connectivity index (χ1) is 5.77. The van der Waals surface area contributed by atoms with Gasteiger partial charge in [0.05, 0.1) is 12.7 Å². The summed E-state index contributed by atoms with van der Waals surface area (Å²) in [4.78, 5) is 2.31. The van der Waals surface area contributed by atoms with Crippen molar-refractivity contribution in [1.82, 2.24) is 4.90 Å². The van der Waals surface area contributed by atoms with Gasteiger partial charge in [0.1, 0.15) is 0 Å². The Morgan fingerprint density at radius 3 is 2.75 bits per heavy atom. The minimum Gasteiger partial charge on any atom is -0.380 e. The lowest BCUT2D eigenvalue weighted by Gasteiger charge is -2.17. The molecule has 0 aromatic heterocycles. The van der Waals surface area contributed by atoms with Crippen LogP contribution < -0.4 is 0 Å². The lowest BCUT2D eigenvalue weighted by molar-refractivity contribution is 0.0934. The Kier molecular flexibility index (Phi) is 3.98. The van der Waals surface area contributed by atoms with Crippen LogP contribution in [0, 0.1) is 0 Å². The molecule has 1 fully saturated rings. The molecule has 3 nitrogen and oxygen atoms in total. The van der Waals surface area contributed by atoms with Gasteiger partial charge in [0.15, 0.2) is 0 Å². The largest absolute Gasteiger partial charge is 0.380 e. The maximum atomic E-state index is 5.38. The summed E-state index contributed by atoms with van der Waals surface area (Å²) < 4.78 is 10.7. The molecule has 0 N–H and O–H groups in total. The summed E-state index contributed by atoms with van der Waals surface area (Å²) in [6.07, 6.45) is 1.51. The molecule has 0 radical (unpaired) electrons. The van der Waals surface area contributed by atoms with Crippen LogP contribution in [0.15, 0.2) is 0 Å². The van der Waals surface area contributed by atoms with Gasteiger partial charge in [-0.25, -0.2) is 0 Å². The van der Waals surface area contributed by atoms with E-state index >= 15 is 0 Å². The van der Waals surface area contributed by atoms with Crippen LogP contribution in [0.3, 0.4) is 0 Å². The van der Waals surface area contributed by atoms with Crippen molar-refractivity contribution in [1.29, 1.82) is 0 Å². The quantitative estimate of drug-likeness (QED) is 0.626. The SMILES string of the molecule is CCOC[C@@H]1C[C@@H](OC)CN1C. The fraction of sp³-hybridized carbons (Fsp3) is 1.00. The van der Waals surface area contributed by atoms with Crippen molar-refractivity contribution in [3.8, 4) is 0 Å². The van der Waals surface area contributed by atoms with E-state index in [1.807, 2.05) is 6.92 Å². The third-order valence-electron chi connectivity index (χ3n) is 2.50. The summed E-state index contributed by atoms with van der Waals surface area (Å²) in [5, 5.41) is 0. The zero-order chi connectivity index (χ0) is 8.97. The third kappa shape index (κ3) is 2.44. The molecular formula is C9H19NO2. The van der Waals surface area contributed by atoms with Crippen molar-refractivity contribution >= 4 is 0 Å². The van der Waals surface area contributed by atoms with Crippen molar-refractivity contribution in [3.63, 3.8) is 0 Å². The van der Waals surface area contributed by atoms with Gasteiger partial charge >= 0.3 is 0 Å². The number of methoxy groups -OCH3 is 1. The molecule has 1 aliphatic heterocycles. The fourth-order valence-electron chi connectivity index (χ4n) is 1.65. The van der Waals surface area contributed by atoms with E-state index < -0.39 is 0 Å². The highest BCUT2D eigenvalue weighted by Crippen LogP contribution is 2.17. The van der Waals surface area contributed by atoms with Gasteiger partial charge in [-0.1, -0.05) is 0 Å². The second-order valence-corrected chi connectivity index (χ2v) is 3.35. The second kappa shape index (κ2) is 4.80.